The quantitative estimate of drug-likeness (QED) is 0.199. The number of rotatable bonds is 7. The van der Waals surface area contributed by atoms with Gasteiger partial charge in [0.25, 0.3) is 11.8 Å². The van der Waals surface area contributed by atoms with Crippen LogP contribution in [-0.2, 0) is 0 Å². The summed E-state index contributed by atoms with van der Waals surface area (Å²) in [6, 6.07) is 36.7. The number of phenolic OH excluding ortho intramolecular Hbond substituents is 2. The van der Waals surface area contributed by atoms with Gasteiger partial charge in [-0.2, -0.15) is 0 Å². The third-order valence-corrected chi connectivity index (χ3v) is 8.03. The molecule has 2 N–H and O–H groups in total. The van der Waals surface area contributed by atoms with E-state index in [4.69, 9.17) is 0 Å². The van der Waals surface area contributed by atoms with E-state index in [1.54, 1.807) is 34.1 Å². The van der Waals surface area contributed by atoms with Crippen LogP contribution in [0.4, 0.5) is 11.4 Å². The molecule has 0 fully saturated rings. The summed E-state index contributed by atoms with van der Waals surface area (Å²) in [7, 11) is 0. The molecule has 0 aromatic heterocycles. The highest BCUT2D eigenvalue weighted by Gasteiger charge is 2.26. The summed E-state index contributed by atoms with van der Waals surface area (Å²) >= 11 is 0. The zero-order chi connectivity index (χ0) is 30.8. The monoisotopic (exact) mass is 580 g/mol. The Bertz CT molecular complexity index is 1860. The molecule has 6 rings (SSSR count). The summed E-state index contributed by atoms with van der Waals surface area (Å²) < 4.78 is 0. The molecule has 0 heterocycles. The summed E-state index contributed by atoms with van der Waals surface area (Å²) in [6.07, 6.45) is 0. The molecule has 218 valence electrons. The molecule has 6 aromatic rings. The highest BCUT2D eigenvalue weighted by molar-refractivity contribution is 6.16. The number of amides is 2. The zero-order valence-corrected chi connectivity index (χ0v) is 24.6. The Hall–Kier alpha value is -5.62. The average molecular weight is 581 g/mol. The van der Waals surface area contributed by atoms with E-state index in [0.717, 1.165) is 21.9 Å². The second kappa shape index (κ2) is 11.9. The lowest BCUT2D eigenvalue weighted by molar-refractivity contribution is 0.0980. The van der Waals surface area contributed by atoms with Crippen LogP contribution in [0.25, 0.3) is 32.7 Å². The molecule has 0 unspecified atom stereocenters. The van der Waals surface area contributed by atoms with E-state index in [9.17, 15) is 19.8 Å². The maximum Gasteiger partial charge on any atom is 0.258 e. The van der Waals surface area contributed by atoms with Crippen molar-refractivity contribution in [2.45, 2.75) is 13.8 Å². The minimum absolute atomic E-state index is 0.00762. The Balaban J connectivity index is 1.62. The van der Waals surface area contributed by atoms with Gasteiger partial charge in [0.05, 0.1) is 11.4 Å². The predicted octanol–water partition coefficient (Wildman–Crippen LogP) is 8.40. The Morgan fingerprint density at radius 1 is 0.500 bits per heavy atom. The highest BCUT2D eigenvalue weighted by atomic mass is 16.3. The Morgan fingerprint density at radius 2 is 0.818 bits per heavy atom. The van der Waals surface area contributed by atoms with E-state index in [1.165, 1.54) is 0 Å². The number of nitrogens with zero attached hydrogens (tertiary/aromatic N) is 2. The first-order chi connectivity index (χ1) is 21.4. The molecule has 0 atom stereocenters. The molecule has 6 nitrogen and oxygen atoms in total. The zero-order valence-electron chi connectivity index (χ0n) is 24.6. The minimum atomic E-state index is -0.230. The SMILES string of the molecule is CCN(C(=O)c1ccccc1)c1cc(-c2cc(N(CC)C(=O)c3ccccc3)c(O)c3ccccc23)c2ccccc2c1O. The molecule has 0 aliphatic carbocycles. The minimum Gasteiger partial charge on any atom is -0.505 e. The van der Waals surface area contributed by atoms with Crippen LogP contribution in [0.2, 0.25) is 0 Å². The Kier molecular flexibility index (Phi) is 7.73. The highest BCUT2D eigenvalue weighted by Crippen LogP contribution is 2.47. The number of hydrogen-bond donors (Lipinski definition) is 2. The fraction of sp³-hybridized carbons (Fsp3) is 0.105. The van der Waals surface area contributed by atoms with Gasteiger partial charge in [0.15, 0.2) is 0 Å². The molecular formula is C38H32N2O4. The summed E-state index contributed by atoms with van der Waals surface area (Å²) in [4.78, 5) is 30.5. The fourth-order valence-electron chi connectivity index (χ4n) is 5.87. The molecule has 0 saturated carbocycles. The summed E-state index contributed by atoms with van der Waals surface area (Å²) in [5, 5.41) is 25.9. The van der Waals surface area contributed by atoms with Crippen LogP contribution in [0, 0.1) is 0 Å². The van der Waals surface area contributed by atoms with Gasteiger partial charge in [0.1, 0.15) is 11.5 Å². The first kappa shape index (κ1) is 28.5. The van der Waals surface area contributed by atoms with Gasteiger partial charge in [0.2, 0.25) is 0 Å². The van der Waals surface area contributed by atoms with E-state index in [2.05, 4.69) is 0 Å². The molecule has 0 aliphatic heterocycles. The smallest absolute Gasteiger partial charge is 0.258 e. The maximum atomic E-state index is 13.7. The van der Waals surface area contributed by atoms with Crippen molar-refractivity contribution in [3.8, 4) is 22.6 Å². The molecular weight excluding hydrogens is 548 g/mol. The second-order valence-corrected chi connectivity index (χ2v) is 10.5. The fourth-order valence-corrected chi connectivity index (χ4v) is 5.87. The number of carbonyl (C=O) groups excluding carboxylic acids is 2. The van der Waals surface area contributed by atoms with Crippen LogP contribution in [0.15, 0.2) is 121 Å². The van der Waals surface area contributed by atoms with Crippen molar-refractivity contribution in [2.75, 3.05) is 22.9 Å². The predicted molar refractivity (Wildman–Crippen MR) is 178 cm³/mol. The summed E-state index contributed by atoms with van der Waals surface area (Å²) in [5.41, 5.74) is 3.29. The third-order valence-electron chi connectivity index (χ3n) is 8.03. The standard InChI is InChI=1S/C38H32N2O4/c1-3-39(37(43)25-15-7-5-8-16-25)33-23-31(27-19-11-13-21-29(27)35(33)41)32-24-34(36(42)30-22-14-12-20-28(30)32)40(4-2)38(44)26-17-9-6-10-18-26/h5-24,41-42H,3-4H2,1-2H3. The van der Waals surface area contributed by atoms with Gasteiger partial charge in [-0.05, 0) is 72.1 Å². The van der Waals surface area contributed by atoms with Crippen LogP contribution in [0.3, 0.4) is 0 Å². The average Bonchev–Trinajstić information content (AvgIpc) is 3.08. The normalized spacial score (nSPS) is 11.0. The van der Waals surface area contributed by atoms with Gasteiger partial charge >= 0.3 is 0 Å². The van der Waals surface area contributed by atoms with Crippen molar-refractivity contribution in [1.82, 2.24) is 0 Å². The van der Waals surface area contributed by atoms with Gasteiger partial charge < -0.3 is 20.0 Å². The Labute approximate surface area is 256 Å². The molecule has 0 radical (unpaired) electrons. The molecule has 44 heavy (non-hydrogen) atoms. The second-order valence-electron chi connectivity index (χ2n) is 10.5. The van der Waals surface area contributed by atoms with E-state index in [-0.39, 0.29) is 23.3 Å². The molecule has 6 aromatic carbocycles. The van der Waals surface area contributed by atoms with Crippen molar-refractivity contribution in [1.29, 1.82) is 0 Å². The lowest BCUT2D eigenvalue weighted by atomic mass is 9.91. The van der Waals surface area contributed by atoms with Crippen LogP contribution in [0.1, 0.15) is 34.6 Å². The van der Waals surface area contributed by atoms with Crippen molar-refractivity contribution in [3.05, 3.63) is 132 Å². The van der Waals surface area contributed by atoms with Crippen LogP contribution in [0.5, 0.6) is 11.5 Å². The van der Waals surface area contributed by atoms with Crippen molar-refractivity contribution in [3.63, 3.8) is 0 Å². The molecule has 0 spiro atoms. The number of carbonyl (C=O) groups is 2. The van der Waals surface area contributed by atoms with E-state index < -0.39 is 0 Å². The first-order valence-corrected chi connectivity index (χ1v) is 14.7. The molecule has 2 amide bonds. The van der Waals surface area contributed by atoms with Gasteiger partial charge in [-0.15, -0.1) is 0 Å². The molecule has 6 heteroatoms. The maximum absolute atomic E-state index is 13.7. The van der Waals surface area contributed by atoms with E-state index in [1.807, 2.05) is 111 Å². The molecule has 0 saturated heterocycles. The largest absolute Gasteiger partial charge is 0.505 e. The number of hydrogen-bond acceptors (Lipinski definition) is 4. The topological polar surface area (TPSA) is 81.1 Å². The van der Waals surface area contributed by atoms with E-state index >= 15 is 0 Å². The summed E-state index contributed by atoms with van der Waals surface area (Å²) in [6.45, 7) is 4.40. The van der Waals surface area contributed by atoms with Crippen molar-refractivity contribution < 1.29 is 19.8 Å². The van der Waals surface area contributed by atoms with Crippen LogP contribution >= 0.6 is 0 Å². The van der Waals surface area contributed by atoms with E-state index in [0.29, 0.717) is 46.4 Å². The molecule has 0 bridgehead atoms. The van der Waals surface area contributed by atoms with Gasteiger partial charge in [-0.1, -0.05) is 84.9 Å². The van der Waals surface area contributed by atoms with Crippen molar-refractivity contribution in [2.24, 2.45) is 0 Å². The summed E-state index contributed by atoms with van der Waals surface area (Å²) in [5.74, 6) is -0.445. The number of fused-ring (bicyclic) bond motifs is 2. The Morgan fingerprint density at radius 3 is 1.16 bits per heavy atom. The van der Waals surface area contributed by atoms with Gasteiger partial charge in [0, 0.05) is 35.0 Å². The molecule has 0 aliphatic rings. The lowest BCUT2D eigenvalue weighted by Crippen LogP contribution is -2.31. The van der Waals surface area contributed by atoms with Gasteiger partial charge in [-0.3, -0.25) is 9.59 Å². The number of anilines is 2. The van der Waals surface area contributed by atoms with Crippen molar-refractivity contribution >= 4 is 44.7 Å². The lowest BCUT2D eigenvalue weighted by Gasteiger charge is -2.26. The van der Waals surface area contributed by atoms with Crippen LogP contribution in [-0.4, -0.2) is 35.1 Å². The van der Waals surface area contributed by atoms with Gasteiger partial charge in [-0.25, -0.2) is 0 Å². The van der Waals surface area contributed by atoms with Crippen LogP contribution < -0.4 is 9.80 Å². The number of aromatic hydroxyl groups is 2. The number of phenols is 2. The first-order valence-electron chi connectivity index (χ1n) is 14.7. The third kappa shape index (κ3) is 4.90. The number of benzene rings is 6.